The number of morpholine rings is 1. The monoisotopic (exact) mass is 390 g/mol. The van der Waals surface area contributed by atoms with Crippen molar-refractivity contribution in [3.05, 3.63) is 58.9 Å². The Morgan fingerprint density at radius 2 is 1.79 bits per heavy atom. The first-order valence-corrected chi connectivity index (χ1v) is 8.76. The van der Waals surface area contributed by atoms with Crippen LogP contribution >= 0.6 is 0 Å². The van der Waals surface area contributed by atoms with Gasteiger partial charge >= 0.3 is 6.36 Å². The third-order valence-electron chi connectivity index (χ3n) is 4.61. The number of ether oxygens (including phenoxy) is 2. The van der Waals surface area contributed by atoms with Gasteiger partial charge in [-0.2, -0.15) is 0 Å². The van der Waals surface area contributed by atoms with Crippen molar-refractivity contribution in [1.29, 1.82) is 0 Å². The highest BCUT2D eigenvalue weighted by atomic mass is 19.4. The van der Waals surface area contributed by atoms with E-state index in [1.807, 2.05) is 6.07 Å². The molecule has 28 heavy (non-hydrogen) atoms. The van der Waals surface area contributed by atoms with Crippen molar-refractivity contribution in [1.82, 2.24) is 4.98 Å². The fraction of sp³-hybridized carbons (Fsp3) is 0.250. The average Bonchev–Trinajstić information content (AvgIpc) is 2.67. The molecule has 1 aliphatic heterocycles. The van der Waals surface area contributed by atoms with Gasteiger partial charge in [-0.25, -0.2) is 0 Å². The zero-order valence-electron chi connectivity index (χ0n) is 14.8. The summed E-state index contributed by atoms with van der Waals surface area (Å²) in [6.45, 7) is 2.74. The zero-order valence-corrected chi connectivity index (χ0v) is 14.8. The van der Waals surface area contributed by atoms with Crippen molar-refractivity contribution in [2.75, 3.05) is 31.2 Å². The quantitative estimate of drug-likeness (QED) is 0.736. The molecule has 0 saturated carbocycles. The predicted molar refractivity (Wildman–Crippen MR) is 99.7 cm³/mol. The largest absolute Gasteiger partial charge is 0.573 e. The number of hydrogen-bond acceptors (Lipinski definition) is 4. The van der Waals surface area contributed by atoms with Gasteiger partial charge in [-0.1, -0.05) is 18.2 Å². The number of aromatic nitrogens is 1. The fourth-order valence-electron chi connectivity index (χ4n) is 3.31. The van der Waals surface area contributed by atoms with Crippen LogP contribution in [0.1, 0.15) is 0 Å². The Hall–Kier alpha value is -3.00. The van der Waals surface area contributed by atoms with Crippen LogP contribution in [-0.4, -0.2) is 37.6 Å². The highest BCUT2D eigenvalue weighted by molar-refractivity contribution is 5.88. The summed E-state index contributed by atoms with van der Waals surface area (Å²) in [4.78, 5) is 17.4. The van der Waals surface area contributed by atoms with Gasteiger partial charge in [0, 0.05) is 29.7 Å². The smallest absolute Gasteiger partial charge is 0.405 e. The lowest BCUT2D eigenvalue weighted by Gasteiger charge is -2.29. The number of pyridine rings is 1. The molecule has 1 N–H and O–H groups in total. The summed E-state index contributed by atoms with van der Waals surface area (Å²) >= 11 is 0. The summed E-state index contributed by atoms with van der Waals surface area (Å²) in [5, 5.41) is 1.11. The summed E-state index contributed by atoms with van der Waals surface area (Å²) in [7, 11) is 0. The van der Waals surface area contributed by atoms with Gasteiger partial charge < -0.3 is 19.4 Å². The molecule has 0 atom stereocenters. The van der Waals surface area contributed by atoms with E-state index in [-0.39, 0.29) is 22.6 Å². The van der Waals surface area contributed by atoms with Gasteiger partial charge in [0.05, 0.1) is 18.9 Å². The number of H-pyrrole nitrogens is 1. The molecule has 3 aromatic rings. The van der Waals surface area contributed by atoms with Gasteiger partial charge in [0.2, 0.25) is 0 Å². The van der Waals surface area contributed by atoms with Crippen LogP contribution in [0.5, 0.6) is 5.75 Å². The Labute approximate surface area is 158 Å². The van der Waals surface area contributed by atoms with E-state index in [9.17, 15) is 18.0 Å². The topological polar surface area (TPSA) is 54.6 Å². The van der Waals surface area contributed by atoms with Crippen LogP contribution in [0.25, 0.3) is 22.0 Å². The minimum atomic E-state index is -4.82. The standard InChI is InChI=1S/C20H17F3N2O3/c21-20(22,23)28-18-4-2-1-3-15(18)17-11-13-5-6-14(12-16(13)19(26)24-17)25-7-9-27-10-8-25/h1-6,11-12H,7-10H2,(H,24,26). The molecule has 1 saturated heterocycles. The van der Waals surface area contributed by atoms with Crippen molar-refractivity contribution in [2.45, 2.75) is 6.36 Å². The second kappa shape index (κ2) is 7.20. The summed E-state index contributed by atoms with van der Waals surface area (Å²) in [6.07, 6.45) is -4.82. The molecule has 1 aromatic heterocycles. The average molecular weight is 390 g/mol. The van der Waals surface area contributed by atoms with Crippen LogP contribution in [0, 0.1) is 0 Å². The Kier molecular flexibility index (Phi) is 4.72. The van der Waals surface area contributed by atoms with E-state index in [0.717, 1.165) is 18.8 Å². The number of hydrogen-bond donors (Lipinski definition) is 1. The molecule has 2 aromatic carbocycles. The molecule has 0 aliphatic carbocycles. The number of alkyl halides is 3. The lowest BCUT2D eigenvalue weighted by atomic mass is 10.1. The van der Waals surface area contributed by atoms with Crippen molar-refractivity contribution in [3.8, 4) is 17.0 Å². The minimum Gasteiger partial charge on any atom is -0.405 e. The van der Waals surface area contributed by atoms with Crippen LogP contribution in [0.2, 0.25) is 0 Å². The van der Waals surface area contributed by atoms with E-state index in [2.05, 4.69) is 14.6 Å². The highest BCUT2D eigenvalue weighted by Gasteiger charge is 2.32. The van der Waals surface area contributed by atoms with E-state index in [1.165, 1.54) is 18.2 Å². The van der Waals surface area contributed by atoms with Crippen molar-refractivity contribution >= 4 is 16.5 Å². The fourth-order valence-corrected chi connectivity index (χ4v) is 3.31. The van der Waals surface area contributed by atoms with Crippen LogP contribution in [0.15, 0.2) is 53.3 Å². The highest BCUT2D eigenvalue weighted by Crippen LogP contribution is 2.33. The maximum atomic E-state index is 12.7. The van der Waals surface area contributed by atoms with Gasteiger partial charge in [-0.15, -0.1) is 13.2 Å². The van der Waals surface area contributed by atoms with Gasteiger partial charge in [0.1, 0.15) is 5.75 Å². The molecule has 0 bridgehead atoms. The van der Waals surface area contributed by atoms with E-state index in [0.29, 0.717) is 24.0 Å². The molecule has 0 unspecified atom stereocenters. The maximum absolute atomic E-state index is 12.7. The molecule has 0 spiro atoms. The summed E-state index contributed by atoms with van der Waals surface area (Å²) in [5.41, 5.74) is 0.965. The molecule has 5 nitrogen and oxygen atoms in total. The summed E-state index contributed by atoms with van der Waals surface area (Å²) in [5.74, 6) is -0.366. The lowest BCUT2D eigenvalue weighted by molar-refractivity contribution is -0.274. The Balaban J connectivity index is 1.76. The number of para-hydroxylation sites is 1. The van der Waals surface area contributed by atoms with E-state index in [1.54, 1.807) is 24.3 Å². The third kappa shape index (κ3) is 3.82. The summed E-state index contributed by atoms with van der Waals surface area (Å²) < 4.78 is 47.5. The zero-order chi connectivity index (χ0) is 19.7. The van der Waals surface area contributed by atoms with Crippen molar-refractivity contribution in [3.63, 3.8) is 0 Å². The van der Waals surface area contributed by atoms with Crippen LogP contribution in [0.4, 0.5) is 18.9 Å². The first kappa shape index (κ1) is 18.4. The molecule has 1 aliphatic rings. The van der Waals surface area contributed by atoms with Gasteiger partial charge in [0.15, 0.2) is 0 Å². The number of benzene rings is 2. The van der Waals surface area contributed by atoms with E-state index in [4.69, 9.17) is 4.74 Å². The Bertz CT molecular complexity index is 1060. The molecule has 146 valence electrons. The molecule has 0 radical (unpaired) electrons. The van der Waals surface area contributed by atoms with Crippen LogP contribution in [0.3, 0.4) is 0 Å². The minimum absolute atomic E-state index is 0.163. The molecule has 4 rings (SSSR count). The maximum Gasteiger partial charge on any atom is 0.573 e. The Morgan fingerprint density at radius 3 is 2.54 bits per heavy atom. The second-order valence-corrected chi connectivity index (χ2v) is 6.43. The molecule has 1 fully saturated rings. The number of anilines is 1. The number of fused-ring (bicyclic) bond motifs is 1. The van der Waals surface area contributed by atoms with Crippen molar-refractivity contribution < 1.29 is 22.6 Å². The third-order valence-corrected chi connectivity index (χ3v) is 4.61. The summed E-state index contributed by atoms with van der Waals surface area (Å²) in [6, 6.07) is 12.9. The first-order valence-electron chi connectivity index (χ1n) is 8.76. The first-order chi connectivity index (χ1) is 13.4. The van der Waals surface area contributed by atoms with E-state index >= 15 is 0 Å². The van der Waals surface area contributed by atoms with Gasteiger partial charge in [0.25, 0.3) is 5.56 Å². The van der Waals surface area contributed by atoms with Gasteiger partial charge in [-0.3, -0.25) is 4.79 Å². The second-order valence-electron chi connectivity index (χ2n) is 6.43. The van der Waals surface area contributed by atoms with E-state index < -0.39 is 6.36 Å². The number of rotatable bonds is 3. The normalized spacial score (nSPS) is 15.0. The number of halogens is 3. The van der Waals surface area contributed by atoms with Gasteiger partial charge in [-0.05, 0) is 35.7 Å². The lowest BCUT2D eigenvalue weighted by Crippen LogP contribution is -2.36. The molecular weight excluding hydrogens is 373 g/mol. The number of nitrogens with zero attached hydrogens (tertiary/aromatic N) is 1. The van der Waals surface area contributed by atoms with Crippen LogP contribution < -0.4 is 15.2 Å². The Morgan fingerprint density at radius 1 is 1.04 bits per heavy atom. The molecular formula is C20H17F3N2O3. The molecule has 0 amide bonds. The number of aromatic amines is 1. The number of nitrogens with one attached hydrogen (secondary N) is 1. The van der Waals surface area contributed by atoms with Crippen LogP contribution in [-0.2, 0) is 4.74 Å². The van der Waals surface area contributed by atoms with Crippen molar-refractivity contribution in [2.24, 2.45) is 0 Å². The molecule has 8 heteroatoms. The molecule has 2 heterocycles. The predicted octanol–water partition coefficient (Wildman–Crippen LogP) is 3.93. The SMILES string of the molecule is O=c1[nH]c(-c2ccccc2OC(F)(F)F)cc2ccc(N3CCOCC3)cc12.